The Labute approximate surface area is 131 Å². The first-order chi connectivity index (χ1) is 11.0. The summed E-state index contributed by atoms with van der Waals surface area (Å²) in [6, 6.07) is 9.49. The zero-order valence-corrected chi connectivity index (χ0v) is 13.0. The monoisotopic (exact) mass is 317 g/mol. The zero-order valence-electron chi connectivity index (χ0n) is 13.0. The number of hydrogen-bond acceptors (Lipinski definition) is 4. The molecule has 0 saturated carbocycles. The number of nitrogens with one attached hydrogen (secondary N) is 2. The van der Waals surface area contributed by atoms with E-state index in [1.165, 1.54) is 4.57 Å². The van der Waals surface area contributed by atoms with Gasteiger partial charge in [0.2, 0.25) is 0 Å². The fraction of sp³-hybridized carbons (Fsp3) is 0.267. The van der Waals surface area contributed by atoms with Gasteiger partial charge in [-0.05, 0) is 26.0 Å². The molecule has 3 rings (SSSR count). The maximum Gasteiger partial charge on any atom is 0.332 e. The Kier molecular flexibility index (Phi) is 4.85. The quantitative estimate of drug-likeness (QED) is 0.596. The Morgan fingerprint density at radius 1 is 0.957 bits per heavy atom. The summed E-state index contributed by atoms with van der Waals surface area (Å²) in [6.07, 6.45) is 0. The Bertz CT molecular complexity index is 963. The molecule has 0 radical (unpaired) electrons. The molecule has 0 bridgehead atoms. The minimum absolute atomic E-state index is 0.147. The average molecular weight is 317 g/mol. The van der Waals surface area contributed by atoms with Crippen LogP contribution in [0.1, 0.15) is 13.8 Å². The average Bonchev–Trinajstić information content (AvgIpc) is 2.91. The molecule has 2 heterocycles. The summed E-state index contributed by atoms with van der Waals surface area (Å²) in [6.45, 7) is 4.15. The number of para-hydroxylation sites is 1. The van der Waals surface area contributed by atoms with Gasteiger partial charge in [0.1, 0.15) is 5.65 Å². The largest absolute Gasteiger partial charge is 0.399 e. The predicted molar refractivity (Wildman–Crippen MR) is 89.6 cm³/mol. The van der Waals surface area contributed by atoms with Crippen LogP contribution >= 0.6 is 0 Å². The summed E-state index contributed by atoms with van der Waals surface area (Å²) in [5.41, 5.74) is 5.23. The molecular formula is C15H19N5O3. The highest BCUT2D eigenvalue weighted by Gasteiger charge is 2.13. The first-order valence-corrected chi connectivity index (χ1v) is 7.25. The van der Waals surface area contributed by atoms with Crippen LogP contribution in [0.2, 0.25) is 0 Å². The van der Waals surface area contributed by atoms with Crippen LogP contribution in [-0.4, -0.2) is 19.1 Å². The Morgan fingerprint density at radius 2 is 1.57 bits per heavy atom. The number of imidazole rings is 1. The lowest BCUT2D eigenvalue weighted by atomic mass is 10.3. The van der Waals surface area contributed by atoms with Gasteiger partial charge in [-0.15, -0.1) is 0 Å². The van der Waals surface area contributed by atoms with E-state index >= 15 is 0 Å². The topological polar surface area (TPSA) is 119 Å². The van der Waals surface area contributed by atoms with Gasteiger partial charge in [0.05, 0.1) is 0 Å². The number of hydrogen-bond donors (Lipinski definition) is 3. The normalized spacial score (nSPS) is 10.3. The molecule has 0 aliphatic rings. The van der Waals surface area contributed by atoms with Crippen molar-refractivity contribution in [3.05, 3.63) is 61.7 Å². The van der Waals surface area contributed by atoms with Crippen LogP contribution in [0.3, 0.4) is 0 Å². The number of aryl methyl sites for hydroxylation is 1. The Hall–Kier alpha value is -3.03. The van der Waals surface area contributed by atoms with Gasteiger partial charge in [-0.3, -0.25) is 23.9 Å². The summed E-state index contributed by atoms with van der Waals surface area (Å²) in [7, 11) is 0. The highest BCUT2D eigenvalue weighted by molar-refractivity contribution is 5.68. The van der Waals surface area contributed by atoms with E-state index in [2.05, 4.69) is 9.97 Å². The molecule has 8 nitrogen and oxygen atoms in total. The van der Waals surface area contributed by atoms with Crippen molar-refractivity contribution in [2.24, 2.45) is 0 Å². The lowest BCUT2D eigenvalue weighted by molar-refractivity contribution is 0.605. The lowest BCUT2D eigenvalue weighted by Crippen LogP contribution is -2.39. The molecule has 1 aromatic carbocycles. The molecule has 4 N–H and O–H groups in total. The lowest BCUT2D eigenvalue weighted by Gasteiger charge is -2.07. The number of nitrogens with zero attached hydrogens (tertiary/aromatic N) is 2. The molecule has 0 saturated heterocycles. The summed E-state index contributed by atoms with van der Waals surface area (Å²) >= 11 is 0. The van der Waals surface area contributed by atoms with E-state index < -0.39 is 16.9 Å². The number of H-pyrrole nitrogens is 2. The van der Waals surface area contributed by atoms with Gasteiger partial charge >= 0.3 is 11.4 Å². The predicted octanol–water partition coefficient (Wildman–Crippen LogP) is 0.488. The van der Waals surface area contributed by atoms with Crippen molar-refractivity contribution in [2.75, 3.05) is 5.73 Å². The molecule has 23 heavy (non-hydrogen) atoms. The molecule has 0 aliphatic heterocycles. The van der Waals surface area contributed by atoms with Gasteiger partial charge in [0, 0.05) is 18.8 Å². The maximum atomic E-state index is 11.9. The van der Waals surface area contributed by atoms with E-state index in [4.69, 9.17) is 5.73 Å². The fourth-order valence-electron chi connectivity index (χ4n) is 2.22. The molecule has 0 amide bonds. The summed E-state index contributed by atoms with van der Waals surface area (Å²) in [5.74, 6) is 0. The van der Waals surface area contributed by atoms with Crippen molar-refractivity contribution >= 4 is 16.9 Å². The minimum Gasteiger partial charge on any atom is -0.399 e. The van der Waals surface area contributed by atoms with E-state index in [9.17, 15) is 14.4 Å². The van der Waals surface area contributed by atoms with Crippen molar-refractivity contribution in [1.82, 2.24) is 19.1 Å². The van der Waals surface area contributed by atoms with Gasteiger partial charge in [-0.2, -0.15) is 0 Å². The highest BCUT2D eigenvalue weighted by atomic mass is 16.2. The van der Waals surface area contributed by atoms with Crippen LogP contribution in [0.4, 0.5) is 5.69 Å². The van der Waals surface area contributed by atoms with Crippen LogP contribution in [0.5, 0.6) is 0 Å². The van der Waals surface area contributed by atoms with Crippen LogP contribution < -0.4 is 22.7 Å². The van der Waals surface area contributed by atoms with Gasteiger partial charge in [0.25, 0.3) is 5.56 Å². The molecule has 0 fully saturated rings. The van der Waals surface area contributed by atoms with Crippen molar-refractivity contribution < 1.29 is 0 Å². The molecule has 3 aromatic rings. The first-order valence-electron chi connectivity index (χ1n) is 7.25. The third kappa shape index (κ3) is 3.25. The van der Waals surface area contributed by atoms with Crippen LogP contribution in [0.25, 0.3) is 11.2 Å². The number of fused-ring (bicyclic) bond motifs is 1. The number of rotatable bonds is 2. The fourth-order valence-corrected chi connectivity index (χ4v) is 2.22. The molecule has 2 aromatic heterocycles. The number of aromatic nitrogens is 4. The van der Waals surface area contributed by atoms with Crippen LogP contribution in [-0.2, 0) is 13.1 Å². The maximum absolute atomic E-state index is 11.9. The number of nitrogens with two attached hydrogens (primary N) is 1. The second-order valence-electron chi connectivity index (χ2n) is 4.79. The third-order valence-corrected chi connectivity index (χ3v) is 3.33. The van der Waals surface area contributed by atoms with Gasteiger partial charge in [-0.1, -0.05) is 18.2 Å². The van der Waals surface area contributed by atoms with Crippen molar-refractivity contribution in [3.8, 4) is 0 Å². The molecular weight excluding hydrogens is 298 g/mol. The molecule has 0 atom stereocenters. The number of aromatic amines is 2. The number of benzene rings is 1. The van der Waals surface area contributed by atoms with Crippen molar-refractivity contribution in [2.45, 2.75) is 26.9 Å². The third-order valence-electron chi connectivity index (χ3n) is 3.33. The smallest absolute Gasteiger partial charge is 0.332 e. The Balaban J connectivity index is 0.000000229. The SMILES string of the molecule is CCn1c(=O)c2[nH]c(=O)[nH]c2n(CC)c1=O.Nc1ccccc1. The van der Waals surface area contributed by atoms with E-state index in [0.29, 0.717) is 6.54 Å². The zero-order chi connectivity index (χ0) is 17.0. The van der Waals surface area contributed by atoms with Crippen LogP contribution in [0, 0.1) is 0 Å². The summed E-state index contributed by atoms with van der Waals surface area (Å²) in [4.78, 5) is 39.7. The molecule has 8 heteroatoms. The van der Waals surface area contributed by atoms with E-state index in [0.717, 1.165) is 10.3 Å². The number of anilines is 1. The van der Waals surface area contributed by atoms with E-state index in [1.807, 2.05) is 30.3 Å². The van der Waals surface area contributed by atoms with Gasteiger partial charge in [0.15, 0.2) is 5.52 Å². The molecule has 0 aliphatic carbocycles. The highest BCUT2D eigenvalue weighted by Crippen LogP contribution is 1.98. The van der Waals surface area contributed by atoms with Gasteiger partial charge in [-0.25, -0.2) is 9.59 Å². The summed E-state index contributed by atoms with van der Waals surface area (Å²) < 4.78 is 2.45. The van der Waals surface area contributed by atoms with Crippen molar-refractivity contribution in [1.29, 1.82) is 0 Å². The second-order valence-corrected chi connectivity index (χ2v) is 4.79. The van der Waals surface area contributed by atoms with E-state index in [1.54, 1.807) is 13.8 Å². The van der Waals surface area contributed by atoms with E-state index in [-0.39, 0.29) is 17.7 Å². The molecule has 0 spiro atoms. The number of nitrogen functional groups attached to an aromatic ring is 1. The first kappa shape index (κ1) is 16.3. The molecule has 122 valence electrons. The van der Waals surface area contributed by atoms with Crippen molar-refractivity contribution in [3.63, 3.8) is 0 Å². The summed E-state index contributed by atoms with van der Waals surface area (Å²) in [5, 5.41) is 0. The minimum atomic E-state index is -0.484. The Morgan fingerprint density at radius 3 is 2.04 bits per heavy atom. The molecule has 0 unspecified atom stereocenters. The van der Waals surface area contributed by atoms with Gasteiger partial charge < -0.3 is 5.73 Å². The standard InChI is InChI=1S/C9H12N4O3.C6H7N/c1-3-12-6-5(10-8(15)11-6)7(14)13(4-2)9(12)16;7-6-4-2-1-3-5-6/h3-4H2,1-2H3,(H2,10,11,15);1-5H,7H2. The van der Waals surface area contributed by atoms with Crippen LogP contribution in [0.15, 0.2) is 44.7 Å². The second kappa shape index (κ2) is 6.82.